The molecular formula is C17H18F3N5O2S. The number of nitrogens with one attached hydrogen (secondary N) is 1. The smallest absolute Gasteiger partial charge is 0.406 e. The first-order valence-corrected chi connectivity index (χ1v) is 9.26. The van der Waals surface area contributed by atoms with Crippen LogP contribution in [0.2, 0.25) is 0 Å². The van der Waals surface area contributed by atoms with Gasteiger partial charge >= 0.3 is 6.36 Å². The van der Waals surface area contributed by atoms with E-state index in [1.807, 2.05) is 13.8 Å². The molecule has 28 heavy (non-hydrogen) atoms. The van der Waals surface area contributed by atoms with Gasteiger partial charge in [-0.2, -0.15) is 4.68 Å². The fourth-order valence-corrected chi connectivity index (χ4v) is 3.01. The third kappa shape index (κ3) is 5.63. The number of benzene rings is 1. The van der Waals surface area contributed by atoms with E-state index in [2.05, 4.69) is 31.5 Å². The summed E-state index contributed by atoms with van der Waals surface area (Å²) in [6, 6.07) is 5.04. The van der Waals surface area contributed by atoms with Gasteiger partial charge in [-0.25, -0.2) is 0 Å². The number of ether oxygens (including phenoxy) is 1. The zero-order valence-corrected chi connectivity index (χ0v) is 16.0. The highest BCUT2D eigenvalue weighted by Gasteiger charge is 2.31. The van der Waals surface area contributed by atoms with Crippen LogP contribution in [0.15, 0.2) is 29.4 Å². The normalized spacial score (nSPS) is 11.7. The molecule has 0 saturated carbocycles. The van der Waals surface area contributed by atoms with E-state index in [1.165, 1.54) is 16.8 Å². The maximum atomic E-state index is 12.2. The summed E-state index contributed by atoms with van der Waals surface area (Å²) >= 11 is 1.08. The Morgan fingerprint density at radius 2 is 1.93 bits per heavy atom. The molecule has 0 aliphatic heterocycles. The number of alkyl halides is 3. The zero-order valence-electron chi connectivity index (χ0n) is 15.2. The van der Waals surface area contributed by atoms with Crippen molar-refractivity contribution in [3.05, 3.63) is 24.3 Å². The van der Waals surface area contributed by atoms with E-state index in [0.29, 0.717) is 23.7 Å². The van der Waals surface area contributed by atoms with Crippen molar-refractivity contribution in [2.24, 2.45) is 0 Å². The molecule has 0 aliphatic carbocycles. The zero-order chi connectivity index (χ0) is 20.8. The Bertz CT molecular complexity index is 842. The number of halogens is 3. The van der Waals surface area contributed by atoms with Gasteiger partial charge in [0, 0.05) is 0 Å². The van der Waals surface area contributed by atoms with Crippen LogP contribution in [0.5, 0.6) is 5.75 Å². The Balaban J connectivity index is 2.04. The molecule has 1 heterocycles. The number of aromatic nitrogens is 4. The van der Waals surface area contributed by atoms with E-state index in [4.69, 9.17) is 6.42 Å². The van der Waals surface area contributed by atoms with Gasteiger partial charge in [0.05, 0.1) is 11.4 Å². The number of rotatable bonds is 8. The van der Waals surface area contributed by atoms with E-state index in [1.54, 1.807) is 0 Å². The Labute approximate surface area is 164 Å². The quantitative estimate of drug-likeness (QED) is 0.529. The van der Waals surface area contributed by atoms with Crippen LogP contribution in [0.25, 0.3) is 5.69 Å². The monoisotopic (exact) mass is 413 g/mol. The van der Waals surface area contributed by atoms with Gasteiger partial charge in [0.25, 0.3) is 0 Å². The maximum absolute atomic E-state index is 12.2. The molecule has 0 atom stereocenters. The molecule has 0 spiro atoms. The minimum absolute atomic E-state index is 0.0269. The number of amides is 1. The Kier molecular flexibility index (Phi) is 6.90. The number of terminal acetylenes is 1. The van der Waals surface area contributed by atoms with Crippen LogP contribution in [-0.2, 0) is 4.79 Å². The summed E-state index contributed by atoms with van der Waals surface area (Å²) in [4.78, 5) is 12.2. The van der Waals surface area contributed by atoms with Crippen molar-refractivity contribution >= 4 is 17.7 Å². The standard InChI is InChI=1S/C17H18F3N5O2S/c1-4-16(5-2,6-3)21-14(26)11-28-15-22-23-24-25(15)12-7-9-13(10-8-12)27-17(18,19)20/h1,7-10H,5-6,11H2,2-3H3,(H,21,26). The van der Waals surface area contributed by atoms with Crippen LogP contribution in [0.3, 0.4) is 0 Å². The Morgan fingerprint density at radius 3 is 2.46 bits per heavy atom. The van der Waals surface area contributed by atoms with Crippen molar-refractivity contribution in [3.63, 3.8) is 0 Å². The second kappa shape index (κ2) is 8.97. The highest BCUT2D eigenvalue weighted by atomic mass is 32.2. The first-order chi connectivity index (χ1) is 13.2. The van der Waals surface area contributed by atoms with Crippen LogP contribution in [0, 0.1) is 12.3 Å². The fraction of sp³-hybridized carbons (Fsp3) is 0.412. The number of carbonyl (C=O) groups is 1. The third-order valence-electron chi connectivity index (χ3n) is 3.95. The summed E-state index contributed by atoms with van der Waals surface area (Å²) in [7, 11) is 0. The molecule has 0 fully saturated rings. The molecule has 0 saturated heterocycles. The van der Waals surface area contributed by atoms with Gasteiger partial charge in [0.2, 0.25) is 11.1 Å². The molecule has 0 unspecified atom stereocenters. The Morgan fingerprint density at radius 1 is 1.29 bits per heavy atom. The molecule has 0 radical (unpaired) electrons. The molecule has 2 aromatic rings. The van der Waals surface area contributed by atoms with Crippen LogP contribution in [0.1, 0.15) is 26.7 Å². The molecule has 0 aliphatic rings. The van der Waals surface area contributed by atoms with E-state index in [-0.39, 0.29) is 17.4 Å². The number of carbonyl (C=O) groups excluding carboxylic acids is 1. The SMILES string of the molecule is C#CC(CC)(CC)NC(=O)CSc1nnnn1-c1ccc(OC(F)(F)F)cc1. The minimum Gasteiger partial charge on any atom is -0.406 e. The minimum atomic E-state index is -4.77. The summed E-state index contributed by atoms with van der Waals surface area (Å²) in [6.45, 7) is 3.78. The summed E-state index contributed by atoms with van der Waals surface area (Å²) in [5, 5.41) is 14.3. The summed E-state index contributed by atoms with van der Waals surface area (Å²) < 4.78 is 41.8. The van der Waals surface area contributed by atoms with Crippen molar-refractivity contribution in [2.45, 2.75) is 43.7 Å². The highest BCUT2D eigenvalue weighted by Crippen LogP contribution is 2.25. The number of thioether (sulfide) groups is 1. The van der Waals surface area contributed by atoms with E-state index in [9.17, 15) is 18.0 Å². The molecular weight excluding hydrogens is 395 g/mol. The summed E-state index contributed by atoms with van der Waals surface area (Å²) in [5.74, 6) is 2.02. The molecule has 1 N–H and O–H groups in total. The first-order valence-electron chi connectivity index (χ1n) is 8.28. The van der Waals surface area contributed by atoms with Crippen LogP contribution >= 0.6 is 11.8 Å². The lowest BCUT2D eigenvalue weighted by atomic mass is 9.94. The van der Waals surface area contributed by atoms with Crippen LogP contribution in [-0.4, -0.2) is 43.8 Å². The molecule has 2 rings (SSSR count). The van der Waals surface area contributed by atoms with Gasteiger partial charge in [-0.05, 0) is 47.5 Å². The van der Waals surface area contributed by atoms with Gasteiger partial charge < -0.3 is 10.1 Å². The average Bonchev–Trinajstić information content (AvgIpc) is 3.12. The molecule has 11 heteroatoms. The lowest BCUT2D eigenvalue weighted by Crippen LogP contribution is -2.47. The summed E-state index contributed by atoms with van der Waals surface area (Å²) in [5.41, 5.74) is -0.278. The van der Waals surface area contributed by atoms with Crippen molar-refractivity contribution in [1.82, 2.24) is 25.5 Å². The van der Waals surface area contributed by atoms with Crippen molar-refractivity contribution in [1.29, 1.82) is 0 Å². The van der Waals surface area contributed by atoms with Gasteiger partial charge in [-0.1, -0.05) is 31.5 Å². The lowest BCUT2D eigenvalue weighted by Gasteiger charge is -2.26. The van der Waals surface area contributed by atoms with Gasteiger partial charge in [0.1, 0.15) is 11.3 Å². The van der Waals surface area contributed by atoms with E-state index < -0.39 is 11.9 Å². The summed E-state index contributed by atoms with van der Waals surface area (Å²) in [6.07, 6.45) is 1.96. The molecule has 7 nitrogen and oxygen atoms in total. The number of tetrazole rings is 1. The molecule has 150 valence electrons. The van der Waals surface area contributed by atoms with Crippen molar-refractivity contribution in [2.75, 3.05) is 5.75 Å². The molecule has 1 amide bonds. The predicted molar refractivity (Wildman–Crippen MR) is 96.8 cm³/mol. The maximum Gasteiger partial charge on any atom is 0.573 e. The first kappa shape index (κ1) is 21.6. The van der Waals surface area contributed by atoms with Gasteiger partial charge in [-0.3, -0.25) is 4.79 Å². The lowest BCUT2D eigenvalue weighted by molar-refractivity contribution is -0.274. The van der Waals surface area contributed by atoms with Crippen molar-refractivity contribution < 1.29 is 22.7 Å². The van der Waals surface area contributed by atoms with Gasteiger partial charge in [0.15, 0.2) is 0 Å². The Hall–Kier alpha value is -2.74. The number of nitrogens with zero attached hydrogens (tertiary/aromatic N) is 4. The van der Waals surface area contributed by atoms with E-state index in [0.717, 1.165) is 23.9 Å². The van der Waals surface area contributed by atoms with Crippen LogP contribution < -0.4 is 10.1 Å². The fourth-order valence-electron chi connectivity index (χ4n) is 2.32. The number of hydrogen-bond donors (Lipinski definition) is 1. The highest BCUT2D eigenvalue weighted by molar-refractivity contribution is 7.99. The van der Waals surface area contributed by atoms with Gasteiger partial charge in [-0.15, -0.1) is 24.7 Å². The largest absolute Gasteiger partial charge is 0.573 e. The van der Waals surface area contributed by atoms with Crippen LogP contribution in [0.4, 0.5) is 13.2 Å². The second-order valence-corrected chi connectivity index (χ2v) is 6.63. The predicted octanol–water partition coefficient (Wildman–Crippen LogP) is 2.96. The van der Waals surface area contributed by atoms with E-state index >= 15 is 0 Å². The molecule has 0 bridgehead atoms. The average molecular weight is 413 g/mol. The second-order valence-electron chi connectivity index (χ2n) is 5.69. The molecule has 1 aromatic heterocycles. The third-order valence-corrected chi connectivity index (χ3v) is 4.87. The molecule has 1 aromatic carbocycles. The van der Waals surface area contributed by atoms with Crippen molar-refractivity contribution in [3.8, 4) is 23.8 Å². The number of hydrogen-bond acceptors (Lipinski definition) is 6. The topological polar surface area (TPSA) is 81.9 Å².